The number of carbonyl (C=O) groups excluding carboxylic acids is 1. The molecule has 5 nitrogen and oxygen atoms in total. The summed E-state index contributed by atoms with van der Waals surface area (Å²) in [5, 5.41) is 0. The number of Topliss-reactive ketones (excluding diaryl/α,β-unsaturated/α-hetero) is 1. The number of benzene rings is 2. The third-order valence-electron chi connectivity index (χ3n) is 5.80. The van der Waals surface area contributed by atoms with Crippen molar-refractivity contribution in [2.75, 3.05) is 23.5 Å². The maximum atomic E-state index is 13.0. The predicted molar refractivity (Wildman–Crippen MR) is 122 cm³/mol. The van der Waals surface area contributed by atoms with Crippen LogP contribution in [0.5, 0.6) is 0 Å². The minimum absolute atomic E-state index is 0.0256. The Morgan fingerprint density at radius 1 is 1.15 bits per heavy atom. The zero-order chi connectivity index (χ0) is 23.8. The van der Waals surface area contributed by atoms with Gasteiger partial charge >= 0.3 is 6.18 Å². The van der Waals surface area contributed by atoms with Crippen LogP contribution in [0.2, 0.25) is 0 Å². The van der Waals surface area contributed by atoms with Gasteiger partial charge in [-0.05, 0) is 36.2 Å². The molecule has 1 aliphatic rings. The van der Waals surface area contributed by atoms with Gasteiger partial charge in [-0.3, -0.25) is 4.79 Å². The molecule has 8 heteroatoms. The Kier molecular flexibility index (Phi) is 6.10. The highest BCUT2D eigenvalue weighted by Crippen LogP contribution is 2.32. The highest BCUT2D eigenvalue weighted by molar-refractivity contribution is 5.97. The van der Waals surface area contributed by atoms with Gasteiger partial charge in [0.1, 0.15) is 11.6 Å². The monoisotopic (exact) mass is 454 g/mol. The topological polar surface area (TPSA) is 49.3 Å². The number of aromatic nitrogens is 2. The first-order valence-corrected chi connectivity index (χ1v) is 10.8. The number of anilines is 2. The van der Waals surface area contributed by atoms with Gasteiger partial charge in [0, 0.05) is 49.4 Å². The number of halogens is 3. The van der Waals surface area contributed by atoms with Crippen molar-refractivity contribution in [2.45, 2.75) is 39.4 Å². The second-order valence-corrected chi connectivity index (χ2v) is 8.33. The number of ketones is 1. The second-order valence-electron chi connectivity index (χ2n) is 8.33. The largest absolute Gasteiger partial charge is 0.416 e. The summed E-state index contributed by atoms with van der Waals surface area (Å²) in [6.07, 6.45) is -1.82. The van der Waals surface area contributed by atoms with Gasteiger partial charge in [0.25, 0.3) is 0 Å². The van der Waals surface area contributed by atoms with Gasteiger partial charge in [-0.25, -0.2) is 9.97 Å². The molecule has 0 saturated heterocycles. The van der Waals surface area contributed by atoms with Crippen LogP contribution < -0.4 is 9.80 Å². The van der Waals surface area contributed by atoms with Gasteiger partial charge in [0.05, 0.1) is 12.2 Å². The molecule has 3 aromatic rings. The lowest BCUT2D eigenvalue weighted by Gasteiger charge is -2.37. The molecule has 0 amide bonds. The quantitative estimate of drug-likeness (QED) is 0.496. The van der Waals surface area contributed by atoms with Crippen LogP contribution in [0.1, 0.15) is 45.4 Å². The Balaban J connectivity index is 1.57. The molecule has 0 unspecified atom stereocenters. The number of fused-ring (bicyclic) bond motifs is 1. The lowest BCUT2D eigenvalue weighted by molar-refractivity contribution is -0.137. The number of aryl methyl sites for hydroxylation is 2. The molecule has 0 saturated carbocycles. The third kappa shape index (κ3) is 4.84. The molecule has 172 valence electrons. The van der Waals surface area contributed by atoms with Crippen molar-refractivity contribution < 1.29 is 18.0 Å². The van der Waals surface area contributed by atoms with Gasteiger partial charge in [0.15, 0.2) is 5.78 Å². The first-order chi connectivity index (χ1) is 15.7. The van der Waals surface area contributed by atoms with E-state index in [1.807, 2.05) is 45.3 Å². The van der Waals surface area contributed by atoms with Crippen LogP contribution in [0.3, 0.4) is 0 Å². The number of alkyl halides is 3. The molecule has 0 fully saturated rings. The summed E-state index contributed by atoms with van der Waals surface area (Å²) in [4.78, 5) is 26.1. The number of hydrogen-bond acceptors (Lipinski definition) is 5. The molecule has 0 bridgehead atoms. The lowest BCUT2D eigenvalue weighted by Crippen LogP contribution is -2.41. The zero-order valence-electron chi connectivity index (χ0n) is 18.8. The fourth-order valence-corrected chi connectivity index (χ4v) is 4.05. The van der Waals surface area contributed by atoms with Crippen molar-refractivity contribution in [3.8, 4) is 0 Å². The fourth-order valence-electron chi connectivity index (χ4n) is 4.05. The summed E-state index contributed by atoms with van der Waals surface area (Å²) >= 11 is 0. The van der Waals surface area contributed by atoms with Crippen LogP contribution in [0.15, 0.2) is 48.7 Å². The lowest BCUT2D eigenvalue weighted by atomic mass is 9.99. The van der Waals surface area contributed by atoms with E-state index in [2.05, 4.69) is 19.8 Å². The summed E-state index contributed by atoms with van der Waals surface area (Å²) < 4.78 is 39.0. The maximum absolute atomic E-state index is 13.0. The molecule has 1 aliphatic heterocycles. The summed E-state index contributed by atoms with van der Waals surface area (Å²) in [6, 6.07) is 10.3. The van der Waals surface area contributed by atoms with Crippen LogP contribution in [-0.2, 0) is 25.6 Å². The summed E-state index contributed by atoms with van der Waals surface area (Å²) in [5.74, 6) is 1.38. The van der Waals surface area contributed by atoms with Gasteiger partial charge in [0.2, 0.25) is 0 Å². The first kappa shape index (κ1) is 22.8. The molecule has 0 radical (unpaired) electrons. The van der Waals surface area contributed by atoms with E-state index in [0.717, 1.165) is 52.6 Å². The highest BCUT2D eigenvalue weighted by Gasteiger charge is 2.31. The van der Waals surface area contributed by atoms with Crippen molar-refractivity contribution in [3.05, 3.63) is 82.3 Å². The predicted octanol–water partition coefficient (Wildman–Crippen LogP) is 5.21. The van der Waals surface area contributed by atoms with Gasteiger partial charge < -0.3 is 9.80 Å². The number of nitrogens with zero attached hydrogens (tertiary/aromatic N) is 4. The summed E-state index contributed by atoms with van der Waals surface area (Å²) in [7, 11) is 1.98. The van der Waals surface area contributed by atoms with E-state index >= 15 is 0 Å². The Morgan fingerprint density at radius 3 is 2.67 bits per heavy atom. The van der Waals surface area contributed by atoms with E-state index < -0.39 is 11.7 Å². The molecule has 0 N–H and O–H groups in total. The van der Waals surface area contributed by atoms with Gasteiger partial charge in [-0.2, -0.15) is 13.2 Å². The Hall–Kier alpha value is -3.42. The van der Waals surface area contributed by atoms with Crippen LogP contribution in [0, 0.1) is 6.92 Å². The average Bonchev–Trinajstić information content (AvgIpc) is 2.79. The van der Waals surface area contributed by atoms with E-state index in [0.29, 0.717) is 13.2 Å². The van der Waals surface area contributed by atoms with Crippen LogP contribution in [0.4, 0.5) is 24.7 Å². The molecule has 0 atom stereocenters. The average molecular weight is 454 g/mol. The second kappa shape index (κ2) is 8.84. The van der Waals surface area contributed by atoms with Crippen LogP contribution in [-0.4, -0.2) is 29.5 Å². The molecule has 2 aromatic carbocycles. The van der Waals surface area contributed by atoms with Crippen molar-refractivity contribution in [1.82, 2.24) is 9.97 Å². The minimum atomic E-state index is -4.48. The summed E-state index contributed by atoms with van der Waals surface area (Å²) in [6.45, 7) is 5.28. The molecular weight excluding hydrogens is 429 g/mol. The molecule has 0 aliphatic carbocycles. The first-order valence-electron chi connectivity index (χ1n) is 10.8. The van der Waals surface area contributed by atoms with Gasteiger partial charge in [-0.15, -0.1) is 0 Å². The van der Waals surface area contributed by atoms with Crippen LogP contribution >= 0.6 is 0 Å². The van der Waals surface area contributed by atoms with Crippen molar-refractivity contribution >= 4 is 17.3 Å². The number of rotatable bonds is 5. The highest BCUT2D eigenvalue weighted by atomic mass is 19.4. The number of carbonyl (C=O) groups is 1. The third-order valence-corrected chi connectivity index (χ3v) is 5.80. The standard InChI is InChI=1S/C25H25F3N4O/c1-4-23-29-13-19-14-32(15-31(3)24(19)30-23)21-10-17(9-8-16(21)2)11-22(33)18-6-5-7-20(12-18)25(26,27)28/h5-10,12-13H,4,11,14-15H2,1-3H3. The minimum Gasteiger partial charge on any atom is -0.349 e. The molecule has 4 rings (SSSR count). The van der Waals surface area contributed by atoms with E-state index in [4.69, 9.17) is 0 Å². The number of hydrogen-bond donors (Lipinski definition) is 0. The van der Waals surface area contributed by atoms with E-state index in [1.165, 1.54) is 12.1 Å². The molecule has 2 heterocycles. The zero-order valence-corrected chi connectivity index (χ0v) is 18.8. The van der Waals surface area contributed by atoms with Crippen molar-refractivity contribution in [2.24, 2.45) is 0 Å². The molecule has 33 heavy (non-hydrogen) atoms. The SMILES string of the molecule is CCc1ncc2c(n1)N(C)CN(c1cc(CC(=O)c3cccc(C(F)(F)F)c3)ccc1C)C2. The molecule has 1 aromatic heterocycles. The molecular formula is C25H25F3N4O. The van der Waals surface area contributed by atoms with Crippen molar-refractivity contribution in [3.63, 3.8) is 0 Å². The normalized spacial score (nSPS) is 13.8. The van der Waals surface area contributed by atoms with E-state index in [9.17, 15) is 18.0 Å². The molecule has 0 spiro atoms. The maximum Gasteiger partial charge on any atom is 0.416 e. The fraction of sp³-hybridized carbons (Fsp3) is 0.320. The van der Waals surface area contributed by atoms with Gasteiger partial charge in [-0.1, -0.05) is 31.2 Å². The smallest absolute Gasteiger partial charge is 0.349 e. The Labute approximate surface area is 190 Å². The van der Waals surface area contributed by atoms with Crippen LogP contribution in [0.25, 0.3) is 0 Å². The Bertz CT molecular complexity index is 1190. The van der Waals surface area contributed by atoms with E-state index in [1.54, 1.807) is 0 Å². The summed E-state index contributed by atoms with van der Waals surface area (Å²) in [5.41, 5.74) is 3.04. The van der Waals surface area contributed by atoms with E-state index in [-0.39, 0.29) is 17.8 Å². The Morgan fingerprint density at radius 2 is 1.94 bits per heavy atom. The van der Waals surface area contributed by atoms with Crippen molar-refractivity contribution in [1.29, 1.82) is 0 Å².